The van der Waals surface area contributed by atoms with Crippen LogP contribution in [0, 0.1) is 0 Å². The molecule has 5 nitrogen and oxygen atoms in total. The number of aromatic nitrogens is 3. The molecule has 0 spiro atoms. The Bertz CT molecular complexity index is 2760. The molecule has 0 saturated carbocycles. The molecular weight excluding hydrogens is 597 g/mol. The van der Waals surface area contributed by atoms with E-state index in [1.807, 2.05) is 66.7 Å². The third-order valence-electron chi connectivity index (χ3n) is 10.3. The number of furan rings is 2. The number of benzene rings is 6. The van der Waals surface area contributed by atoms with Gasteiger partial charge in [0.05, 0.1) is 5.56 Å². The highest BCUT2D eigenvalue weighted by molar-refractivity contribution is 6.68. The van der Waals surface area contributed by atoms with Crippen LogP contribution in [0.3, 0.4) is 0 Å². The van der Waals surface area contributed by atoms with E-state index in [-0.39, 0.29) is 0 Å². The zero-order valence-electron chi connectivity index (χ0n) is 28.1. The maximum atomic E-state index is 6.47. The minimum absolute atomic E-state index is 0.553. The summed E-state index contributed by atoms with van der Waals surface area (Å²) in [6.07, 6.45) is 0. The quantitative estimate of drug-likeness (QED) is 0.279. The lowest BCUT2D eigenvalue weighted by Crippen LogP contribution is -2.55. The number of hydrogen-bond donors (Lipinski definition) is 0. The first-order valence-corrected chi connectivity index (χ1v) is 16.6. The van der Waals surface area contributed by atoms with Gasteiger partial charge in [0.25, 0.3) is 0 Å². The summed E-state index contributed by atoms with van der Waals surface area (Å²) >= 11 is 0. The van der Waals surface area contributed by atoms with Gasteiger partial charge in [-0.2, -0.15) is 0 Å². The highest BCUT2D eigenvalue weighted by atomic mass is 16.3. The van der Waals surface area contributed by atoms with E-state index in [2.05, 4.69) is 81.7 Å². The van der Waals surface area contributed by atoms with Crippen molar-refractivity contribution in [3.63, 3.8) is 0 Å². The molecule has 0 aliphatic heterocycles. The topological polar surface area (TPSA) is 65.0 Å². The van der Waals surface area contributed by atoms with Crippen LogP contribution in [0.25, 0.3) is 89.2 Å². The van der Waals surface area contributed by atoms with Gasteiger partial charge in [-0.15, -0.1) is 16.4 Å². The molecule has 10 heteroatoms. The van der Waals surface area contributed by atoms with Crippen molar-refractivity contribution in [3.05, 3.63) is 109 Å². The van der Waals surface area contributed by atoms with E-state index in [1.54, 1.807) is 0 Å². The Morgan fingerprint density at radius 2 is 1.00 bits per heavy atom. The van der Waals surface area contributed by atoms with Crippen LogP contribution in [0.5, 0.6) is 0 Å². The summed E-state index contributed by atoms with van der Waals surface area (Å²) in [6, 6.07) is 37.0. The van der Waals surface area contributed by atoms with Crippen molar-refractivity contribution in [2.45, 2.75) is 0 Å². The van der Waals surface area contributed by atoms with Gasteiger partial charge in [-0.25, -0.2) is 15.0 Å². The van der Waals surface area contributed by atoms with E-state index in [4.69, 9.17) is 23.8 Å². The van der Waals surface area contributed by atoms with Crippen molar-refractivity contribution in [2.24, 2.45) is 0 Å². The van der Waals surface area contributed by atoms with Gasteiger partial charge < -0.3 is 8.83 Å². The van der Waals surface area contributed by atoms with Crippen molar-refractivity contribution >= 4 is 110 Å². The van der Waals surface area contributed by atoms with Gasteiger partial charge in [0.1, 0.15) is 61.6 Å². The van der Waals surface area contributed by atoms with E-state index < -0.39 is 0 Å². The molecule has 0 atom stereocenters. The first-order chi connectivity index (χ1) is 23.9. The van der Waals surface area contributed by atoms with E-state index >= 15 is 0 Å². The van der Waals surface area contributed by atoms with Crippen molar-refractivity contribution in [1.29, 1.82) is 0 Å². The summed E-state index contributed by atoms with van der Waals surface area (Å²) in [4.78, 5) is 15.0. The summed E-state index contributed by atoms with van der Waals surface area (Å²) in [7, 11) is 11.1. The molecule has 0 N–H and O–H groups in total. The van der Waals surface area contributed by atoms with Gasteiger partial charge in [-0.3, -0.25) is 0 Å². The maximum absolute atomic E-state index is 6.47. The molecule has 3 aromatic heterocycles. The lowest BCUT2D eigenvalue weighted by Gasteiger charge is -2.20. The van der Waals surface area contributed by atoms with Crippen LogP contribution < -0.4 is 27.3 Å². The Morgan fingerprint density at radius 1 is 0.388 bits per heavy atom. The highest BCUT2D eigenvalue weighted by Crippen LogP contribution is 2.37. The van der Waals surface area contributed by atoms with Crippen molar-refractivity contribution in [3.8, 4) is 45.3 Å². The van der Waals surface area contributed by atoms with Crippen LogP contribution in [0.15, 0.2) is 118 Å². The third kappa shape index (κ3) is 4.66. The Balaban J connectivity index is 1.21. The number of rotatable bonds is 4. The van der Waals surface area contributed by atoms with Gasteiger partial charge in [0, 0.05) is 32.7 Å². The van der Waals surface area contributed by atoms with E-state index in [0.29, 0.717) is 17.5 Å². The zero-order valence-corrected chi connectivity index (χ0v) is 28.1. The molecule has 9 rings (SSSR count). The Hall–Kier alpha value is -5.75. The molecule has 9 aromatic rings. The van der Waals surface area contributed by atoms with E-state index in [1.165, 1.54) is 38.4 Å². The van der Waals surface area contributed by atoms with Gasteiger partial charge in [-0.05, 0) is 47.5 Å². The van der Waals surface area contributed by atoms with Gasteiger partial charge in [-0.1, -0.05) is 83.7 Å². The fraction of sp³-hybridized carbons (Fsp3) is 0. The predicted molar refractivity (Wildman–Crippen MR) is 217 cm³/mol. The van der Waals surface area contributed by atoms with Gasteiger partial charge in [0.15, 0.2) is 17.5 Å². The third-order valence-corrected chi connectivity index (χ3v) is 10.3. The van der Waals surface area contributed by atoms with Crippen LogP contribution in [-0.2, 0) is 0 Å². The normalized spacial score (nSPS) is 11.7. The predicted octanol–water partition coefficient (Wildman–Crippen LogP) is 1.63. The van der Waals surface area contributed by atoms with Crippen LogP contribution in [0.2, 0.25) is 0 Å². The number of nitrogens with zero attached hydrogens (tertiary/aromatic N) is 3. The summed E-state index contributed by atoms with van der Waals surface area (Å²) in [5, 5.41) is 4.24. The Labute approximate surface area is 287 Å². The second-order valence-corrected chi connectivity index (χ2v) is 13.0. The summed E-state index contributed by atoms with van der Waals surface area (Å²) in [6.45, 7) is 0. The van der Waals surface area contributed by atoms with Crippen molar-refractivity contribution in [2.75, 3.05) is 0 Å². The van der Waals surface area contributed by atoms with Crippen LogP contribution in [0.1, 0.15) is 0 Å². The van der Waals surface area contributed by atoms with Crippen LogP contribution in [0.4, 0.5) is 0 Å². The summed E-state index contributed by atoms with van der Waals surface area (Å²) in [5.41, 5.74) is 15.0. The molecule has 0 saturated heterocycles. The van der Waals surface area contributed by atoms with Crippen molar-refractivity contribution < 1.29 is 8.83 Å². The average Bonchev–Trinajstić information content (AvgIpc) is 3.71. The fourth-order valence-electron chi connectivity index (χ4n) is 7.27. The lowest BCUT2D eigenvalue weighted by molar-refractivity contribution is 0.668. The molecule has 226 valence electrons. The smallest absolute Gasteiger partial charge is 0.167 e. The molecule has 49 heavy (non-hydrogen) atoms. The minimum Gasteiger partial charge on any atom is -0.456 e. The number of hydrogen-bond acceptors (Lipinski definition) is 5. The standard InChI is InChI=1S/C39H28B5N3O2/c40-31-30(32(41)34(43)35(44)33(31)42)20-14-16-28-26(17-20)23-15-13-21(18-29(23)48-28)38-45-37(19-7-2-1-3-8-19)46-39(47-38)25-11-6-10-24-22-9-4-5-12-27(22)49-36(24)25/h1-18H,40-44H2. The Kier molecular flexibility index (Phi) is 6.70. The first-order valence-electron chi connectivity index (χ1n) is 16.6. The molecule has 0 bridgehead atoms. The highest BCUT2D eigenvalue weighted by Gasteiger charge is 2.19. The fourth-order valence-corrected chi connectivity index (χ4v) is 7.27. The maximum Gasteiger partial charge on any atom is 0.167 e. The monoisotopic (exact) mass is 625 g/mol. The van der Waals surface area contributed by atoms with E-state index in [0.717, 1.165) is 60.6 Å². The second-order valence-electron chi connectivity index (χ2n) is 13.0. The molecule has 0 aliphatic carbocycles. The molecule has 0 unspecified atom stereocenters. The molecule has 0 amide bonds. The first kappa shape index (κ1) is 29.4. The zero-order chi connectivity index (χ0) is 33.4. The van der Waals surface area contributed by atoms with Crippen LogP contribution >= 0.6 is 0 Å². The molecule has 6 aromatic carbocycles. The SMILES string of the molecule is Bc1c(B)c(B)c(-c2ccc3oc4cc(-c5nc(-c6ccccc6)nc(-c6cccc7c6oc6ccccc67)n5)ccc4c3c2)c(B)c1B. The number of para-hydroxylation sites is 2. The van der Waals surface area contributed by atoms with Crippen molar-refractivity contribution in [1.82, 2.24) is 15.0 Å². The summed E-state index contributed by atoms with van der Waals surface area (Å²) in [5.74, 6) is 1.71. The largest absolute Gasteiger partial charge is 0.456 e. The average molecular weight is 625 g/mol. The molecule has 0 fully saturated rings. The molecule has 0 radical (unpaired) electrons. The van der Waals surface area contributed by atoms with Gasteiger partial charge >= 0.3 is 0 Å². The molecule has 3 heterocycles. The minimum atomic E-state index is 0.553. The Morgan fingerprint density at radius 3 is 1.80 bits per heavy atom. The molecular formula is C39H28B5N3O2. The van der Waals surface area contributed by atoms with Gasteiger partial charge in [0.2, 0.25) is 0 Å². The summed E-state index contributed by atoms with van der Waals surface area (Å²) < 4.78 is 12.8. The second kappa shape index (κ2) is 11.2. The van der Waals surface area contributed by atoms with Crippen LogP contribution in [-0.4, -0.2) is 54.2 Å². The number of fused-ring (bicyclic) bond motifs is 6. The van der Waals surface area contributed by atoms with E-state index in [9.17, 15) is 0 Å². The lowest BCUT2D eigenvalue weighted by atomic mass is 9.59. The molecule has 0 aliphatic rings.